The molecule has 3 rings (SSSR count). The summed E-state index contributed by atoms with van der Waals surface area (Å²) in [6.07, 6.45) is 4.91. The zero-order valence-electron chi connectivity index (χ0n) is 15.1. The van der Waals surface area contributed by atoms with Crippen molar-refractivity contribution in [3.05, 3.63) is 18.0 Å². The molecule has 1 N–H and O–H groups in total. The van der Waals surface area contributed by atoms with Gasteiger partial charge in [-0.3, -0.25) is 14.4 Å². The largest absolute Gasteiger partial charge is 0.359 e. The third-order valence-corrected chi connectivity index (χ3v) is 7.49. The van der Waals surface area contributed by atoms with E-state index in [4.69, 9.17) is 0 Å². The summed E-state index contributed by atoms with van der Waals surface area (Å²) in [6.45, 7) is 4.92. The van der Waals surface area contributed by atoms with Gasteiger partial charge in [0.15, 0.2) is 0 Å². The van der Waals surface area contributed by atoms with Gasteiger partial charge in [-0.25, -0.2) is 12.7 Å². The Balaban J connectivity index is 1.83. The van der Waals surface area contributed by atoms with Crippen molar-refractivity contribution in [1.82, 2.24) is 24.3 Å². The predicted molar refractivity (Wildman–Crippen MR) is 94.2 cm³/mol. The summed E-state index contributed by atoms with van der Waals surface area (Å²) in [5.41, 5.74) is 0.428. The van der Waals surface area contributed by atoms with Crippen molar-refractivity contribution >= 4 is 15.9 Å². The fraction of sp³-hybridized carbons (Fsp3) is 0.750. The van der Waals surface area contributed by atoms with Crippen molar-refractivity contribution in [1.29, 1.82) is 0 Å². The van der Waals surface area contributed by atoms with Crippen LogP contribution in [0.2, 0.25) is 0 Å². The number of carbonyl (C=O) groups excluding carboxylic acids is 1. The van der Waals surface area contributed by atoms with Gasteiger partial charge in [-0.1, -0.05) is 0 Å². The second-order valence-corrected chi connectivity index (χ2v) is 9.18. The van der Waals surface area contributed by atoms with Crippen LogP contribution in [-0.2, 0) is 27.9 Å². The second-order valence-electron chi connectivity index (χ2n) is 7.04. The van der Waals surface area contributed by atoms with Crippen molar-refractivity contribution in [3.8, 4) is 0 Å². The number of piperidine rings is 1. The molecule has 2 saturated heterocycles. The van der Waals surface area contributed by atoms with Crippen molar-refractivity contribution in [3.63, 3.8) is 0 Å². The molecule has 140 valence electrons. The van der Waals surface area contributed by atoms with E-state index < -0.39 is 15.4 Å². The lowest BCUT2D eigenvalue weighted by molar-refractivity contribution is -0.139. The van der Waals surface area contributed by atoms with Crippen LogP contribution in [0.4, 0.5) is 0 Å². The van der Waals surface area contributed by atoms with E-state index in [0.29, 0.717) is 19.4 Å². The highest BCUT2D eigenvalue weighted by Crippen LogP contribution is 2.42. The Morgan fingerprint density at radius 2 is 2.24 bits per heavy atom. The van der Waals surface area contributed by atoms with Crippen molar-refractivity contribution in [2.24, 2.45) is 5.41 Å². The fourth-order valence-corrected chi connectivity index (χ4v) is 5.83. The molecule has 0 saturated carbocycles. The van der Waals surface area contributed by atoms with Crippen LogP contribution in [0.25, 0.3) is 0 Å². The summed E-state index contributed by atoms with van der Waals surface area (Å²) in [5.74, 6) is -0.0390. The maximum atomic E-state index is 12.8. The summed E-state index contributed by atoms with van der Waals surface area (Å²) in [5, 5.41) is 7.07. The summed E-state index contributed by atoms with van der Waals surface area (Å²) in [7, 11) is -0.0313. The van der Waals surface area contributed by atoms with Gasteiger partial charge in [-0.2, -0.15) is 5.10 Å². The number of sulfonamides is 1. The Labute approximate surface area is 149 Å². The number of amides is 1. The van der Waals surface area contributed by atoms with Gasteiger partial charge < -0.3 is 5.32 Å². The van der Waals surface area contributed by atoms with E-state index in [-0.39, 0.29) is 17.7 Å². The van der Waals surface area contributed by atoms with Crippen LogP contribution in [0.3, 0.4) is 0 Å². The van der Waals surface area contributed by atoms with Crippen LogP contribution in [0.15, 0.2) is 12.4 Å². The van der Waals surface area contributed by atoms with Crippen molar-refractivity contribution in [2.75, 3.05) is 32.9 Å². The standard InChI is InChI=1S/C16H27N5O3S/c1-4-21-11-13(9-18-21)10-20-7-5-14-16(12-20,15(22)17-2)6-8-25(23,24)19(14)3/h9,11,14H,4-8,10,12H2,1-3H3,(H,17,22)/t14-,16+/m1/s1. The number of hydrogen-bond acceptors (Lipinski definition) is 5. The SMILES string of the molecule is CCn1cc(CN2CC[C@H]3N(C)S(=O)(=O)CC[C@]3(C(=O)NC)C2)cn1. The number of rotatable bonds is 4. The van der Waals surface area contributed by atoms with Gasteiger partial charge in [0.05, 0.1) is 17.4 Å². The Morgan fingerprint density at radius 1 is 1.48 bits per heavy atom. The average Bonchev–Trinajstić information content (AvgIpc) is 3.05. The van der Waals surface area contributed by atoms with E-state index in [1.165, 1.54) is 4.31 Å². The molecule has 8 nitrogen and oxygen atoms in total. The Kier molecular flexibility index (Phi) is 4.91. The molecular formula is C16H27N5O3S. The first-order valence-corrected chi connectivity index (χ1v) is 10.3. The van der Waals surface area contributed by atoms with Crippen LogP contribution in [0.5, 0.6) is 0 Å². The third kappa shape index (κ3) is 3.20. The minimum atomic E-state index is -3.27. The van der Waals surface area contributed by atoms with Gasteiger partial charge in [-0.15, -0.1) is 0 Å². The summed E-state index contributed by atoms with van der Waals surface area (Å²) >= 11 is 0. The number of hydrogen-bond donors (Lipinski definition) is 1. The van der Waals surface area contributed by atoms with Crippen LogP contribution < -0.4 is 5.32 Å². The van der Waals surface area contributed by atoms with E-state index in [9.17, 15) is 13.2 Å². The first-order chi connectivity index (χ1) is 11.8. The monoisotopic (exact) mass is 369 g/mol. The topological polar surface area (TPSA) is 87.5 Å². The van der Waals surface area contributed by atoms with Crippen LogP contribution in [0.1, 0.15) is 25.3 Å². The summed E-state index contributed by atoms with van der Waals surface area (Å²) < 4.78 is 27.9. The maximum Gasteiger partial charge on any atom is 0.228 e. The molecule has 0 aliphatic carbocycles. The second kappa shape index (κ2) is 6.69. The maximum absolute atomic E-state index is 12.8. The zero-order chi connectivity index (χ0) is 18.2. The molecule has 0 aromatic carbocycles. The number of aromatic nitrogens is 2. The first-order valence-electron chi connectivity index (χ1n) is 8.74. The average molecular weight is 369 g/mol. The number of nitrogens with zero attached hydrogens (tertiary/aromatic N) is 4. The number of aryl methyl sites for hydroxylation is 1. The van der Waals surface area contributed by atoms with Gasteiger partial charge in [0.2, 0.25) is 15.9 Å². The number of nitrogens with one attached hydrogen (secondary N) is 1. The van der Waals surface area contributed by atoms with Gasteiger partial charge in [0, 0.05) is 58.1 Å². The van der Waals surface area contributed by atoms with Crippen LogP contribution in [-0.4, -0.2) is 72.3 Å². The number of likely N-dealkylation sites (tertiary alicyclic amines) is 1. The Bertz CT molecular complexity index is 747. The molecule has 2 fully saturated rings. The highest BCUT2D eigenvalue weighted by atomic mass is 32.2. The molecule has 1 amide bonds. The summed E-state index contributed by atoms with van der Waals surface area (Å²) in [4.78, 5) is 15.0. The van der Waals surface area contributed by atoms with E-state index in [0.717, 1.165) is 25.2 Å². The minimum Gasteiger partial charge on any atom is -0.359 e. The normalized spacial score (nSPS) is 30.0. The molecule has 1 aromatic heterocycles. The molecule has 3 heterocycles. The quantitative estimate of drug-likeness (QED) is 0.799. The number of carbonyl (C=O) groups is 1. The van der Waals surface area contributed by atoms with Gasteiger partial charge in [-0.05, 0) is 19.8 Å². The molecular weight excluding hydrogens is 342 g/mol. The zero-order valence-corrected chi connectivity index (χ0v) is 15.9. The van der Waals surface area contributed by atoms with Gasteiger partial charge in [0.25, 0.3) is 0 Å². The van der Waals surface area contributed by atoms with Gasteiger partial charge >= 0.3 is 0 Å². The lowest BCUT2D eigenvalue weighted by Crippen LogP contribution is -2.66. The van der Waals surface area contributed by atoms with Gasteiger partial charge in [0.1, 0.15) is 0 Å². The van der Waals surface area contributed by atoms with Crippen LogP contribution >= 0.6 is 0 Å². The fourth-order valence-electron chi connectivity index (χ4n) is 4.23. The molecule has 0 bridgehead atoms. The summed E-state index contributed by atoms with van der Waals surface area (Å²) in [6, 6.07) is -0.277. The van der Waals surface area contributed by atoms with E-state index in [1.807, 2.05) is 24.0 Å². The molecule has 1 aromatic rings. The highest BCUT2D eigenvalue weighted by molar-refractivity contribution is 7.89. The third-order valence-electron chi connectivity index (χ3n) is 5.64. The molecule has 2 atom stereocenters. The molecule has 2 aliphatic rings. The van der Waals surface area contributed by atoms with E-state index >= 15 is 0 Å². The molecule has 25 heavy (non-hydrogen) atoms. The first kappa shape index (κ1) is 18.3. The minimum absolute atomic E-state index is 0.0228. The molecule has 0 radical (unpaired) electrons. The number of fused-ring (bicyclic) bond motifs is 1. The Hall–Kier alpha value is -1.45. The molecule has 9 heteroatoms. The lowest BCUT2D eigenvalue weighted by Gasteiger charge is -2.52. The van der Waals surface area contributed by atoms with E-state index in [1.54, 1.807) is 14.1 Å². The smallest absolute Gasteiger partial charge is 0.228 e. The van der Waals surface area contributed by atoms with Crippen LogP contribution in [0, 0.1) is 5.41 Å². The van der Waals surface area contributed by atoms with Crippen molar-refractivity contribution < 1.29 is 13.2 Å². The Morgan fingerprint density at radius 3 is 2.88 bits per heavy atom. The predicted octanol–water partition coefficient (Wildman–Crippen LogP) is -0.125. The molecule has 0 spiro atoms. The van der Waals surface area contributed by atoms with Crippen molar-refractivity contribution in [2.45, 2.75) is 38.9 Å². The molecule has 0 unspecified atom stereocenters. The van der Waals surface area contributed by atoms with E-state index in [2.05, 4.69) is 15.3 Å². The molecule has 2 aliphatic heterocycles. The lowest BCUT2D eigenvalue weighted by atomic mass is 9.72. The highest BCUT2D eigenvalue weighted by Gasteiger charge is 2.55.